The van der Waals surface area contributed by atoms with Crippen molar-refractivity contribution in [1.29, 1.82) is 0 Å². The van der Waals surface area contributed by atoms with Crippen LogP contribution >= 0.6 is 15.9 Å². The highest BCUT2D eigenvalue weighted by molar-refractivity contribution is 9.10. The first kappa shape index (κ1) is 12.8. The van der Waals surface area contributed by atoms with Gasteiger partial charge in [-0.15, -0.1) is 0 Å². The van der Waals surface area contributed by atoms with Gasteiger partial charge in [0.25, 0.3) is 0 Å². The maximum Gasteiger partial charge on any atom is 0.231 e. The zero-order valence-electron chi connectivity index (χ0n) is 10.5. The van der Waals surface area contributed by atoms with Crippen LogP contribution in [0.3, 0.4) is 0 Å². The number of hydrogen-bond acceptors (Lipinski definition) is 5. The maximum atomic E-state index is 5.90. The second kappa shape index (κ2) is 5.42. The Morgan fingerprint density at radius 3 is 2.85 bits per heavy atom. The molecule has 0 spiro atoms. The molecule has 0 radical (unpaired) electrons. The average Bonchev–Trinajstić information content (AvgIpc) is 2.90. The van der Waals surface area contributed by atoms with Crippen molar-refractivity contribution in [2.24, 2.45) is 0 Å². The Labute approximate surface area is 124 Å². The fourth-order valence-electron chi connectivity index (χ4n) is 1.84. The fraction of sp³-hybridized carbons (Fsp3) is 0.0714. The van der Waals surface area contributed by atoms with E-state index < -0.39 is 0 Å². The first-order chi connectivity index (χ1) is 9.72. The predicted octanol–water partition coefficient (Wildman–Crippen LogP) is 3.07. The lowest BCUT2D eigenvalue weighted by atomic mass is 10.1. The molecular weight excluding hydrogens is 320 g/mol. The van der Waals surface area contributed by atoms with E-state index in [1.165, 1.54) is 0 Å². The van der Waals surface area contributed by atoms with Crippen LogP contribution in [0.1, 0.15) is 11.5 Å². The zero-order chi connectivity index (χ0) is 13.9. The Hall–Kier alpha value is -2.21. The van der Waals surface area contributed by atoms with E-state index in [0.717, 1.165) is 21.3 Å². The molecule has 3 aromatic rings. The topological polar surface area (TPSA) is 77.8 Å². The molecule has 2 aromatic heterocycles. The third-order valence-electron chi connectivity index (χ3n) is 2.83. The summed E-state index contributed by atoms with van der Waals surface area (Å²) in [5.74, 6) is 1.04. The summed E-state index contributed by atoms with van der Waals surface area (Å²) in [5, 5.41) is 3.97. The van der Waals surface area contributed by atoms with Gasteiger partial charge in [0.1, 0.15) is 0 Å². The van der Waals surface area contributed by atoms with Crippen molar-refractivity contribution in [3.05, 3.63) is 58.7 Å². The van der Waals surface area contributed by atoms with Gasteiger partial charge in [0.05, 0.1) is 6.42 Å². The van der Waals surface area contributed by atoms with E-state index in [-0.39, 0.29) is 0 Å². The molecule has 2 N–H and O–H groups in total. The molecule has 0 bridgehead atoms. The van der Waals surface area contributed by atoms with Crippen molar-refractivity contribution >= 4 is 21.6 Å². The third-order valence-corrected chi connectivity index (χ3v) is 3.26. The molecule has 0 atom stereocenters. The van der Waals surface area contributed by atoms with Crippen LogP contribution in [-0.4, -0.2) is 15.1 Å². The molecule has 0 saturated carbocycles. The molecule has 6 heteroatoms. The van der Waals surface area contributed by atoms with Crippen LogP contribution in [0.15, 0.2) is 51.7 Å². The second-order valence-corrected chi connectivity index (χ2v) is 5.19. The summed E-state index contributed by atoms with van der Waals surface area (Å²) >= 11 is 3.36. The molecule has 1 aromatic carbocycles. The van der Waals surface area contributed by atoms with E-state index in [4.69, 9.17) is 10.3 Å². The van der Waals surface area contributed by atoms with Gasteiger partial charge in [0, 0.05) is 28.1 Å². The molecule has 0 fully saturated rings. The maximum absolute atomic E-state index is 5.90. The van der Waals surface area contributed by atoms with Crippen molar-refractivity contribution in [1.82, 2.24) is 15.1 Å². The summed E-state index contributed by atoms with van der Waals surface area (Å²) in [7, 11) is 0. The van der Waals surface area contributed by atoms with Crippen LogP contribution in [0.4, 0.5) is 5.69 Å². The van der Waals surface area contributed by atoms with Gasteiger partial charge in [-0.25, -0.2) is 0 Å². The quantitative estimate of drug-likeness (QED) is 0.746. The minimum Gasteiger partial charge on any atom is -0.398 e. The van der Waals surface area contributed by atoms with Gasteiger partial charge in [-0.3, -0.25) is 4.98 Å². The highest BCUT2D eigenvalue weighted by Crippen LogP contribution is 2.20. The molecule has 0 unspecified atom stereocenters. The number of nitrogens with two attached hydrogens (primary N) is 1. The van der Waals surface area contributed by atoms with Crippen LogP contribution in [0, 0.1) is 0 Å². The summed E-state index contributed by atoms with van der Waals surface area (Å²) < 4.78 is 6.13. The lowest BCUT2D eigenvalue weighted by Gasteiger charge is -2.00. The minimum atomic E-state index is 0.515. The number of para-hydroxylation sites is 1. The minimum absolute atomic E-state index is 0.515. The van der Waals surface area contributed by atoms with Crippen molar-refractivity contribution in [3.63, 3.8) is 0 Å². The van der Waals surface area contributed by atoms with Gasteiger partial charge in [-0.05, 0) is 33.6 Å². The van der Waals surface area contributed by atoms with Gasteiger partial charge >= 0.3 is 0 Å². The molecule has 3 rings (SSSR count). The van der Waals surface area contributed by atoms with Crippen LogP contribution < -0.4 is 5.73 Å². The standard InChI is InChI=1S/C14H11BrN4O/c15-11-5-10(7-17-8-11)14-18-13(20-19-14)6-9-3-1-2-4-12(9)16/h1-5,7-8H,6,16H2. The van der Waals surface area contributed by atoms with E-state index in [1.54, 1.807) is 12.4 Å². The zero-order valence-corrected chi connectivity index (χ0v) is 12.0. The first-order valence-corrected chi connectivity index (χ1v) is 6.78. The largest absolute Gasteiger partial charge is 0.398 e. The molecule has 0 aliphatic carbocycles. The van der Waals surface area contributed by atoms with E-state index >= 15 is 0 Å². The molecule has 0 aliphatic rings. The van der Waals surface area contributed by atoms with Crippen molar-refractivity contribution < 1.29 is 4.52 Å². The fourth-order valence-corrected chi connectivity index (χ4v) is 2.20. The van der Waals surface area contributed by atoms with Gasteiger partial charge in [-0.2, -0.15) is 4.98 Å². The number of aromatic nitrogens is 3. The Morgan fingerprint density at radius 2 is 2.05 bits per heavy atom. The van der Waals surface area contributed by atoms with Crippen molar-refractivity contribution in [3.8, 4) is 11.4 Å². The van der Waals surface area contributed by atoms with Gasteiger partial charge in [-0.1, -0.05) is 23.4 Å². The smallest absolute Gasteiger partial charge is 0.231 e. The van der Waals surface area contributed by atoms with Crippen molar-refractivity contribution in [2.45, 2.75) is 6.42 Å². The molecule has 0 saturated heterocycles. The van der Waals surface area contributed by atoms with E-state index in [2.05, 4.69) is 31.1 Å². The number of rotatable bonds is 3. The molecule has 5 nitrogen and oxygen atoms in total. The highest BCUT2D eigenvalue weighted by atomic mass is 79.9. The SMILES string of the molecule is Nc1ccccc1Cc1nc(-c2cncc(Br)c2)no1. The number of hydrogen-bond donors (Lipinski definition) is 1. The Morgan fingerprint density at radius 1 is 1.20 bits per heavy atom. The average molecular weight is 331 g/mol. The van der Waals surface area contributed by atoms with Crippen LogP contribution in [0.25, 0.3) is 11.4 Å². The second-order valence-electron chi connectivity index (χ2n) is 4.28. The van der Waals surface area contributed by atoms with Gasteiger partial charge in [0.15, 0.2) is 0 Å². The third kappa shape index (κ3) is 2.70. The summed E-state index contributed by atoms with van der Waals surface area (Å²) in [6.45, 7) is 0. The molecule has 100 valence electrons. The number of benzene rings is 1. The normalized spacial score (nSPS) is 10.7. The number of halogens is 1. The summed E-state index contributed by atoms with van der Waals surface area (Å²) in [6, 6.07) is 9.51. The number of pyridine rings is 1. The summed E-state index contributed by atoms with van der Waals surface area (Å²) in [4.78, 5) is 8.44. The lowest BCUT2D eigenvalue weighted by Crippen LogP contribution is -1.95. The molecule has 0 aliphatic heterocycles. The Kier molecular flexibility index (Phi) is 3.47. The number of nitrogens with zero attached hydrogens (tertiary/aromatic N) is 3. The van der Waals surface area contributed by atoms with Gasteiger partial charge in [0.2, 0.25) is 11.7 Å². The van der Waals surface area contributed by atoms with Crippen LogP contribution in [0.5, 0.6) is 0 Å². The van der Waals surface area contributed by atoms with Crippen LogP contribution in [0.2, 0.25) is 0 Å². The Bertz CT molecular complexity index is 741. The monoisotopic (exact) mass is 330 g/mol. The summed E-state index contributed by atoms with van der Waals surface area (Å²) in [6.07, 6.45) is 3.91. The molecule has 2 heterocycles. The number of nitrogen functional groups attached to an aromatic ring is 1. The van der Waals surface area contributed by atoms with Gasteiger partial charge < -0.3 is 10.3 Å². The van der Waals surface area contributed by atoms with Crippen molar-refractivity contribution in [2.75, 3.05) is 5.73 Å². The summed E-state index contributed by atoms with van der Waals surface area (Å²) in [5.41, 5.74) is 8.39. The molecule has 20 heavy (non-hydrogen) atoms. The number of anilines is 1. The van der Waals surface area contributed by atoms with E-state index in [9.17, 15) is 0 Å². The highest BCUT2D eigenvalue weighted by Gasteiger charge is 2.11. The predicted molar refractivity (Wildman–Crippen MR) is 78.9 cm³/mol. The molecular formula is C14H11BrN4O. The molecule has 0 amide bonds. The first-order valence-electron chi connectivity index (χ1n) is 5.99. The Balaban J connectivity index is 1.86. The van der Waals surface area contributed by atoms with Crippen LogP contribution in [-0.2, 0) is 6.42 Å². The lowest BCUT2D eigenvalue weighted by molar-refractivity contribution is 0.386. The van der Waals surface area contributed by atoms with E-state index in [1.807, 2.05) is 30.3 Å². The van der Waals surface area contributed by atoms with E-state index in [0.29, 0.717) is 18.1 Å².